The quantitative estimate of drug-likeness (QED) is 0.375. The summed E-state index contributed by atoms with van der Waals surface area (Å²) in [6, 6.07) is 0. The minimum absolute atomic E-state index is 0. The van der Waals surface area contributed by atoms with Crippen molar-refractivity contribution in [3.63, 3.8) is 0 Å². The smallest absolute Gasteiger partial charge is 0.549 e. The second kappa shape index (κ2) is 15.3. The molecule has 34 heavy (non-hydrogen) atoms. The molecule has 0 aromatic carbocycles. The maximum Gasteiger partial charge on any atom is 3.00 e. The van der Waals surface area contributed by atoms with Crippen LogP contribution >= 0.6 is 0 Å². The zero-order valence-electron chi connectivity index (χ0n) is 22.5. The summed E-state index contributed by atoms with van der Waals surface area (Å²) in [5.74, 6) is -7.80. The number of carboxylic acid groups (broad SMARTS) is 3. The van der Waals surface area contributed by atoms with E-state index in [1.165, 1.54) is 20.8 Å². The number of carboxylic acids is 3. The van der Waals surface area contributed by atoms with Gasteiger partial charge in [0, 0.05) is 16.2 Å². The van der Waals surface area contributed by atoms with E-state index in [0.29, 0.717) is 0 Å². The Bertz CT molecular complexity index is 635. The summed E-state index contributed by atoms with van der Waals surface area (Å²) in [5, 5.41) is 30.8. The van der Waals surface area contributed by atoms with Crippen LogP contribution in [0.3, 0.4) is 0 Å². The molecule has 0 spiro atoms. The Morgan fingerprint density at radius 3 is 0.588 bits per heavy atom. The first-order chi connectivity index (χ1) is 14.3. The van der Waals surface area contributed by atoms with E-state index in [4.69, 9.17) is 0 Å². The average molecular weight is 586 g/mol. The minimum Gasteiger partial charge on any atom is -0.549 e. The van der Waals surface area contributed by atoms with Gasteiger partial charge in [-0.2, -0.15) is 0 Å². The fraction of sp³-hybridized carbons (Fsp3) is 0.750. The molecular weight excluding hydrogens is 547 g/mol. The van der Waals surface area contributed by atoms with Crippen molar-refractivity contribution < 1.29 is 44.1 Å². The zero-order chi connectivity index (χ0) is 27.7. The molecule has 0 radical (unpaired) electrons. The normalized spacial score (nSPS) is 13.8. The molecule has 0 aliphatic rings. The monoisotopic (exact) mass is 586 g/mol. The molecule has 0 aliphatic heterocycles. The molecule has 0 bridgehead atoms. The van der Waals surface area contributed by atoms with Crippen LogP contribution in [-0.4, -0.2) is 61.1 Å². The van der Waals surface area contributed by atoms with Crippen LogP contribution in [0.15, 0.2) is 0 Å². The van der Waals surface area contributed by atoms with Gasteiger partial charge in [0.1, 0.15) is 17.3 Å². The van der Waals surface area contributed by atoms with E-state index < -0.39 is 51.9 Å². The molecule has 0 aromatic rings. The Morgan fingerprint density at radius 2 is 0.559 bits per heavy atom. The van der Waals surface area contributed by atoms with Gasteiger partial charge in [0.25, 0.3) is 0 Å². The van der Waals surface area contributed by atoms with E-state index in [2.05, 4.69) is 0 Å². The first kappa shape index (κ1) is 39.5. The summed E-state index contributed by atoms with van der Waals surface area (Å²) in [6.07, 6.45) is 0. The third-order valence-corrected chi connectivity index (χ3v) is 4.46. The van der Waals surface area contributed by atoms with Crippen molar-refractivity contribution >= 4 is 61.1 Å². The molecule has 0 aromatic heterocycles. The van der Waals surface area contributed by atoms with E-state index in [0.717, 1.165) is 0 Å². The van der Waals surface area contributed by atoms with Crippen molar-refractivity contribution in [1.29, 1.82) is 0 Å². The third-order valence-electron chi connectivity index (χ3n) is 4.46. The van der Waals surface area contributed by atoms with Crippen LogP contribution in [0.25, 0.3) is 0 Å². The van der Waals surface area contributed by atoms with Crippen LogP contribution in [0, 0.1) is 34.0 Å². The topological polar surface area (TPSA) is 172 Å². The number of carbonyl (C=O) groups excluding carboxylic acids is 6. The second-order valence-electron chi connectivity index (χ2n) is 11.0. The first-order valence-electron chi connectivity index (χ1n) is 10.6. The minimum atomic E-state index is -1.30. The Morgan fingerprint density at radius 1 is 0.441 bits per heavy atom. The fourth-order valence-corrected chi connectivity index (χ4v) is 2.27. The molecule has 0 saturated heterocycles. The summed E-state index contributed by atoms with van der Waals surface area (Å²) in [5.41, 5.74) is -1.79. The van der Waals surface area contributed by atoms with Gasteiger partial charge in [-0.15, -0.1) is 0 Å². The predicted octanol–water partition coefficient (Wildman–Crippen LogP) is -0.418. The number of ketones is 3. The molecular formula is C24H39InO9. The summed E-state index contributed by atoms with van der Waals surface area (Å²) in [4.78, 5) is 64.3. The van der Waals surface area contributed by atoms with Gasteiger partial charge in [0.05, 0.1) is 35.7 Å². The van der Waals surface area contributed by atoms with E-state index in [9.17, 15) is 44.1 Å². The first-order valence-corrected chi connectivity index (χ1v) is 10.6. The molecule has 0 amide bonds. The van der Waals surface area contributed by atoms with Gasteiger partial charge in [-0.25, -0.2) is 0 Å². The maximum atomic E-state index is 11.2. The van der Waals surface area contributed by atoms with Crippen molar-refractivity contribution in [3.8, 4) is 0 Å². The molecule has 192 valence electrons. The van der Waals surface area contributed by atoms with Crippen LogP contribution < -0.4 is 15.3 Å². The molecule has 0 fully saturated rings. The van der Waals surface area contributed by atoms with Gasteiger partial charge >= 0.3 is 25.8 Å². The SMILES string of the molecule is CC(C(=O)[O-])C(=O)C(C)(C)C.CC(C(=O)[O-])C(=O)C(C)(C)C.CC(C(=O)[O-])C(=O)C(C)(C)C.[In+3]. The maximum absolute atomic E-state index is 11.2. The van der Waals surface area contributed by atoms with E-state index in [1.54, 1.807) is 62.3 Å². The van der Waals surface area contributed by atoms with Crippen LogP contribution in [0.5, 0.6) is 0 Å². The van der Waals surface area contributed by atoms with Gasteiger partial charge in [0.15, 0.2) is 0 Å². The van der Waals surface area contributed by atoms with Crippen LogP contribution in [0.1, 0.15) is 83.1 Å². The number of carbonyl (C=O) groups is 6. The van der Waals surface area contributed by atoms with Crippen molar-refractivity contribution in [2.75, 3.05) is 0 Å². The third kappa shape index (κ3) is 16.0. The van der Waals surface area contributed by atoms with Crippen molar-refractivity contribution in [2.24, 2.45) is 34.0 Å². The van der Waals surface area contributed by atoms with E-state index in [-0.39, 0.29) is 43.2 Å². The molecule has 0 heterocycles. The number of hydrogen-bond donors (Lipinski definition) is 0. The Kier molecular flexibility index (Phi) is 17.8. The van der Waals surface area contributed by atoms with E-state index in [1.807, 2.05) is 0 Å². The van der Waals surface area contributed by atoms with Crippen molar-refractivity contribution in [2.45, 2.75) is 83.1 Å². The molecule has 0 N–H and O–H groups in total. The van der Waals surface area contributed by atoms with Crippen LogP contribution in [0.2, 0.25) is 0 Å². The summed E-state index contributed by atoms with van der Waals surface area (Å²) >= 11 is 0. The molecule has 3 atom stereocenters. The van der Waals surface area contributed by atoms with Gasteiger partial charge in [-0.3, -0.25) is 14.4 Å². The molecule has 0 saturated carbocycles. The standard InChI is InChI=1S/3C8H14O3.In/c3*1-5(7(10)11)6(9)8(2,3)4;/h3*5H,1-4H3,(H,10,11);/q;;;+3/p-3. The number of aliphatic carboxylic acids is 3. The molecule has 0 rings (SSSR count). The van der Waals surface area contributed by atoms with Crippen molar-refractivity contribution in [1.82, 2.24) is 0 Å². The number of hydrogen-bond acceptors (Lipinski definition) is 9. The predicted molar refractivity (Wildman–Crippen MR) is 122 cm³/mol. The molecule has 9 nitrogen and oxygen atoms in total. The zero-order valence-corrected chi connectivity index (χ0v) is 25.8. The van der Waals surface area contributed by atoms with Gasteiger partial charge in [0.2, 0.25) is 0 Å². The summed E-state index contributed by atoms with van der Waals surface area (Å²) in [7, 11) is 0. The summed E-state index contributed by atoms with van der Waals surface area (Å²) < 4.78 is 0. The summed E-state index contributed by atoms with van der Waals surface area (Å²) in [6.45, 7) is 19.3. The molecule has 10 heteroatoms. The number of Topliss-reactive ketones (excluding diaryl/α,β-unsaturated/α-hetero) is 3. The van der Waals surface area contributed by atoms with Crippen molar-refractivity contribution in [3.05, 3.63) is 0 Å². The average Bonchev–Trinajstić information content (AvgIpc) is 2.62. The Labute approximate surface area is 221 Å². The fourth-order valence-electron chi connectivity index (χ4n) is 2.27. The largest absolute Gasteiger partial charge is 3.00 e. The Hall–Kier alpha value is -1.71. The van der Waals surface area contributed by atoms with Gasteiger partial charge < -0.3 is 29.7 Å². The molecule has 3 unspecified atom stereocenters. The Balaban J connectivity index is -0.000000196. The number of rotatable bonds is 6. The molecule has 0 aliphatic carbocycles. The van der Waals surface area contributed by atoms with Crippen LogP contribution in [0.4, 0.5) is 0 Å². The van der Waals surface area contributed by atoms with Gasteiger partial charge in [-0.05, 0) is 0 Å². The van der Waals surface area contributed by atoms with Crippen LogP contribution in [-0.2, 0) is 28.8 Å². The van der Waals surface area contributed by atoms with E-state index >= 15 is 0 Å². The van der Waals surface area contributed by atoms with Gasteiger partial charge in [-0.1, -0.05) is 83.1 Å². The second-order valence-corrected chi connectivity index (χ2v) is 11.0.